The van der Waals surface area contributed by atoms with E-state index in [-0.39, 0.29) is 6.09 Å². The summed E-state index contributed by atoms with van der Waals surface area (Å²) in [5.74, 6) is 1.85. The number of ether oxygens (including phenoxy) is 1. The molecule has 9 heteroatoms. The molecule has 1 aromatic rings. The summed E-state index contributed by atoms with van der Waals surface area (Å²) in [5, 5.41) is 6.83. The molecule has 0 aliphatic carbocycles. The molecule has 0 atom stereocenters. The van der Waals surface area contributed by atoms with Crippen molar-refractivity contribution in [2.45, 2.75) is 39.3 Å². The Labute approximate surface area is 185 Å². The number of piperidine rings is 1. The zero-order chi connectivity index (χ0) is 22.1. The van der Waals surface area contributed by atoms with Crippen molar-refractivity contribution in [1.82, 2.24) is 25.4 Å². The van der Waals surface area contributed by atoms with Gasteiger partial charge in [-0.15, -0.1) is 0 Å². The molecule has 0 aromatic carbocycles. The number of nitrogens with zero attached hydrogens (tertiary/aromatic N) is 5. The minimum Gasteiger partial charge on any atom is -0.450 e. The predicted octanol–water partition coefficient (Wildman–Crippen LogP) is 1.51. The molecule has 9 nitrogen and oxygen atoms in total. The van der Waals surface area contributed by atoms with Crippen LogP contribution in [0.15, 0.2) is 23.3 Å². The van der Waals surface area contributed by atoms with Crippen molar-refractivity contribution >= 4 is 17.9 Å². The third-order valence-electron chi connectivity index (χ3n) is 5.76. The van der Waals surface area contributed by atoms with Gasteiger partial charge in [0.2, 0.25) is 0 Å². The summed E-state index contributed by atoms with van der Waals surface area (Å²) in [6, 6.07) is 4.51. The molecular formula is C22H37N7O2. The van der Waals surface area contributed by atoms with Crippen LogP contribution in [0, 0.1) is 0 Å². The number of aromatic nitrogens is 1. The highest BCUT2D eigenvalue weighted by atomic mass is 16.6. The van der Waals surface area contributed by atoms with E-state index in [2.05, 4.69) is 51.5 Å². The van der Waals surface area contributed by atoms with Crippen LogP contribution in [0.3, 0.4) is 0 Å². The van der Waals surface area contributed by atoms with Gasteiger partial charge in [-0.05, 0) is 45.4 Å². The number of likely N-dealkylation sites (tertiary alicyclic amines) is 1. The second-order valence-corrected chi connectivity index (χ2v) is 8.11. The van der Waals surface area contributed by atoms with E-state index in [4.69, 9.17) is 9.73 Å². The van der Waals surface area contributed by atoms with Crippen molar-refractivity contribution < 1.29 is 9.53 Å². The third kappa shape index (κ3) is 6.99. The van der Waals surface area contributed by atoms with Crippen LogP contribution in [0.25, 0.3) is 0 Å². The van der Waals surface area contributed by atoms with Crippen LogP contribution in [0.4, 0.5) is 10.6 Å². The van der Waals surface area contributed by atoms with Gasteiger partial charge >= 0.3 is 6.09 Å². The fourth-order valence-electron chi connectivity index (χ4n) is 3.84. The zero-order valence-corrected chi connectivity index (χ0v) is 19.1. The normalized spacial score (nSPS) is 18.7. The number of carbonyl (C=O) groups is 1. The van der Waals surface area contributed by atoms with Gasteiger partial charge in [-0.3, -0.25) is 0 Å². The van der Waals surface area contributed by atoms with E-state index in [0.717, 1.165) is 62.9 Å². The van der Waals surface area contributed by atoms with Crippen molar-refractivity contribution in [3.8, 4) is 0 Å². The van der Waals surface area contributed by atoms with Crippen molar-refractivity contribution in [2.75, 3.05) is 64.4 Å². The van der Waals surface area contributed by atoms with Gasteiger partial charge in [0.05, 0.1) is 13.2 Å². The Morgan fingerprint density at radius 1 is 1.16 bits per heavy atom. The number of hydrogen-bond acceptors (Lipinski definition) is 6. The summed E-state index contributed by atoms with van der Waals surface area (Å²) >= 11 is 0. The Morgan fingerprint density at radius 3 is 2.52 bits per heavy atom. The van der Waals surface area contributed by atoms with Crippen LogP contribution < -0.4 is 15.5 Å². The number of rotatable bonds is 6. The van der Waals surface area contributed by atoms with Crippen LogP contribution >= 0.6 is 0 Å². The van der Waals surface area contributed by atoms with E-state index in [9.17, 15) is 4.79 Å². The number of guanidine groups is 1. The maximum atomic E-state index is 11.9. The number of amides is 1. The van der Waals surface area contributed by atoms with E-state index in [1.165, 1.54) is 0 Å². The highest BCUT2D eigenvalue weighted by Gasteiger charge is 2.24. The SMILES string of the molecule is CCNC(=NCc1ccc(N2CCN(C)CC2)nc1)NC1CCN(C(=O)OCC)CC1. The molecule has 31 heavy (non-hydrogen) atoms. The number of anilines is 1. The van der Waals surface area contributed by atoms with Crippen molar-refractivity contribution in [1.29, 1.82) is 0 Å². The average Bonchev–Trinajstić information content (AvgIpc) is 2.79. The summed E-state index contributed by atoms with van der Waals surface area (Å²) in [6.07, 6.45) is 3.47. The van der Waals surface area contributed by atoms with Gasteiger partial charge in [0.1, 0.15) is 5.82 Å². The Morgan fingerprint density at radius 2 is 1.90 bits per heavy atom. The smallest absolute Gasteiger partial charge is 0.409 e. The van der Waals surface area contributed by atoms with Crippen molar-refractivity contribution in [3.63, 3.8) is 0 Å². The zero-order valence-electron chi connectivity index (χ0n) is 19.1. The van der Waals surface area contributed by atoms with Gasteiger partial charge in [0.25, 0.3) is 0 Å². The molecule has 2 aliphatic rings. The van der Waals surface area contributed by atoms with E-state index < -0.39 is 0 Å². The second-order valence-electron chi connectivity index (χ2n) is 8.11. The van der Waals surface area contributed by atoms with Crippen LogP contribution in [-0.2, 0) is 11.3 Å². The molecule has 0 radical (unpaired) electrons. The van der Waals surface area contributed by atoms with Crippen molar-refractivity contribution in [2.24, 2.45) is 4.99 Å². The molecule has 0 saturated carbocycles. The number of nitrogens with one attached hydrogen (secondary N) is 2. The number of pyridine rings is 1. The standard InChI is InChI=1S/C22H37N7O2/c1-4-23-21(26-19-8-10-29(11-9-19)22(30)31-5-2)25-17-18-6-7-20(24-16-18)28-14-12-27(3)13-15-28/h6-7,16,19H,4-5,8-15,17H2,1-3H3,(H2,23,25,26). The minimum atomic E-state index is -0.214. The van der Waals surface area contributed by atoms with Crippen LogP contribution in [-0.4, -0.2) is 92.3 Å². The van der Waals surface area contributed by atoms with Gasteiger partial charge in [-0.2, -0.15) is 0 Å². The molecule has 3 rings (SSSR count). The van der Waals surface area contributed by atoms with E-state index >= 15 is 0 Å². The number of piperazine rings is 1. The molecule has 1 aromatic heterocycles. The molecule has 2 saturated heterocycles. The lowest BCUT2D eigenvalue weighted by atomic mass is 10.1. The van der Waals surface area contributed by atoms with Gasteiger partial charge in [0, 0.05) is 58.1 Å². The molecule has 3 heterocycles. The number of aliphatic imine (C=N–C) groups is 1. The van der Waals surface area contributed by atoms with E-state index in [1.54, 1.807) is 4.90 Å². The summed E-state index contributed by atoms with van der Waals surface area (Å²) in [4.78, 5) is 27.7. The average molecular weight is 432 g/mol. The summed E-state index contributed by atoms with van der Waals surface area (Å²) < 4.78 is 5.10. The molecule has 0 spiro atoms. The number of carbonyl (C=O) groups excluding carboxylic acids is 1. The van der Waals surface area contributed by atoms with E-state index in [1.807, 2.05) is 13.1 Å². The monoisotopic (exact) mass is 431 g/mol. The first-order valence-corrected chi connectivity index (χ1v) is 11.4. The fraction of sp³-hybridized carbons (Fsp3) is 0.682. The van der Waals surface area contributed by atoms with Gasteiger partial charge in [-0.1, -0.05) is 6.07 Å². The number of hydrogen-bond donors (Lipinski definition) is 2. The second kappa shape index (κ2) is 11.7. The van der Waals surface area contributed by atoms with Gasteiger partial charge in [0.15, 0.2) is 5.96 Å². The lowest BCUT2D eigenvalue weighted by Gasteiger charge is -2.33. The molecule has 0 bridgehead atoms. The maximum absolute atomic E-state index is 11.9. The van der Waals surface area contributed by atoms with Crippen LogP contribution in [0.2, 0.25) is 0 Å². The molecule has 2 aliphatic heterocycles. The largest absolute Gasteiger partial charge is 0.450 e. The lowest BCUT2D eigenvalue weighted by Crippen LogP contribution is -2.49. The molecule has 1 amide bonds. The van der Waals surface area contributed by atoms with Gasteiger partial charge in [-0.25, -0.2) is 14.8 Å². The first-order valence-electron chi connectivity index (χ1n) is 11.4. The van der Waals surface area contributed by atoms with Crippen LogP contribution in [0.1, 0.15) is 32.3 Å². The Hall–Kier alpha value is -2.55. The Bertz CT molecular complexity index is 709. The Kier molecular flexibility index (Phi) is 8.75. The fourth-order valence-corrected chi connectivity index (χ4v) is 3.84. The Balaban J connectivity index is 1.50. The highest BCUT2D eigenvalue weighted by Crippen LogP contribution is 2.14. The third-order valence-corrected chi connectivity index (χ3v) is 5.76. The first kappa shape index (κ1) is 23.1. The van der Waals surface area contributed by atoms with E-state index in [0.29, 0.717) is 32.3 Å². The molecule has 172 valence electrons. The first-order chi connectivity index (χ1) is 15.1. The molecular weight excluding hydrogens is 394 g/mol. The quantitative estimate of drug-likeness (QED) is 0.522. The summed E-state index contributed by atoms with van der Waals surface area (Å²) in [6.45, 7) is 11.3. The lowest BCUT2D eigenvalue weighted by molar-refractivity contribution is 0.0963. The van der Waals surface area contributed by atoms with Crippen LogP contribution in [0.5, 0.6) is 0 Å². The molecule has 2 N–H and O–H groups in total. The topological polar surface area (TPSA) is 85.3 Å². The van der Waals surface area contributed by atoms with Gasteiger partial charge < -0.3 is 30.1 Å². The van der Waals surface area contributed by atoms with Crippen molar-refractivity contribution in [3.05, 3.63) is 23.9 Å². The summed E-state index contributed by atoms with van der Waals surface area (Å²) in [7, 11) is 2.16. The number of likely N-dealkylation sites (N-methyl/N-ethyl adjacent to an activating group) is 1. The maximum Gasteiger partial charge on any atom is 0.409 e. The highest BCUT2D eigenvalue weighted by molar-refractivity contribution is 5.80. The summed E-state index contributed by atoms with van der Waals surface area (Å²) in [5.41, 5.74) is 1.09. The molecule has 0 unspecified atom stereocenters. The predicted molar refractivity (Wildman–Crippen MR) is 124 cm³/mol. The molecule has 2 fully saturated rings. The minimum absolute atomic E-state index is 0.214.